The van der Waals surface area contributed by atoms with Crippen LogP contribution in [-0.2, 0) is 19.6 Å². The van der Waals surface area contributed by atoms with E-state index in [9.17, 15) is 13.2 Å². The van der Waals surface area contributed by atoms with Gasteiger partial charge in [-0.3, -0.25) is 4.79 Å². The smallest absolute Gasteiger partial charge is 0.223 e. The lowest BCUT2D eigenvalue weighted by atomic mass is 9.78. The van der Waals surface area contributed by atoms with Crippen LogP contribution in [0.4, 0.5) is 0 Å². The number of sulfonamides is 1. The molecule has 1 aromatic carbocycles. The molecule has 3 atom stereocenters. The van der Waals surface area contributed by atoms with Crippen LogP contribution in [-0.4, -0.2) is 56.8 Å². The molecule has 0 radical (unpaired) electrons. The Morgan fingerprint density at radius 2 is 1.76 bits per heavy atom. The van der Waals surface area contributed by atoms with Crippen molar-refractivity contribution in [1.29, 1.82) is 0 Å². The highest BCUT2D eigenvalue weighted by Gasteiger charge is 2.40. The van der Waals surface area contributed by atoms with E-state index in [4.69, 9.17) is 4.74 Å². The van der Waals surface area contributed by atoms with E-state index in [1.165, 1.54) is 17.4 Å². The summed E-state index contributed by atoms with van der Waals surface area (Å²) >= 11 is 0. The summed E-state index contributed by atoms with van der Waals surface area (Å²) in [5.74, 6) is 0.759. The van der Waals surface area contributed by atoms with Crippen LogP contribution in [0.15, 0.2) is 24.3 Å². The quantitative estimate of drug-likeness (QED) is 0.798. The molecule has 7 heteroatoms. The molecule has 3 heterocycles. The number of amides is 1. The van der Waals surface area contributed by atoms with Gasteiger partial charge in [-0.2, -0.15) is 0 Å². The predicted octanol–water partition coefficient (Wildman–Crippen LogP) is 2.76. The number of benzene rings is 1. The van der Waals surface area contributed by atoms with Crippen LogP contribution in [0.3, 0.4) is 0 Å². The molecule has 1 saturated carbocycles. The van der Waals surface area contributed by atoms with Gasteiger partial charge < -0.3 is 9.64 Å². The molecule has 2 bridgehead atoms. The zero-order valence-electron chi connectivity index (χ0n) is 17.3. The molecule has 1 saturated heterocycles. The van der Waals surface area contributed by atoms with E-state index in [1.807, 2.05) is 4.90 Å². The molecule has 6 nitrogen and oxygen atoms in total. The number of hydrogen-bond acceptors (Lipinski definition) is 4. The zero-order chi connectivity index (χ0) is 20.6. The molecule has 2 fully saturated rings. The van der Waals surface area contributed by atoms with E-state index in [-0.39, 0.29) is 30.0 Å². The summed E-state index contributed by atoms with van der Waals surface area (Å²) in [7, 11) is -3.34. The van der Waals surface area contributed by atoms with Crippen molar-refractivity contribution < 1.29 is 17.9 Å². The largest absolute Gasteiger partial charge is 0.376 e. The number of carbonyl (C=O) groups is 1. The van der Waals surface area contributed by atoms with E-state index >= 15 is 0 Å². The fraction of sp³-hybridized carbons (Fsp3) is 0.682. The summed E-state index contributed by atoms with van der Waals surface area (Å²) in [6, 6.07) is 8.05. The molecule has 5 rings (SSSR count). The lowest BCUT2D eigenvalue weighted by Gasteiger charge is -2.32. The molecular formula is C22H32N2O4S. The molecule has 1 amide bonds. The summed E-state index contributed by atoms with van der Waals surface area (Å²) in [5.41, 5.74) is 2.67. The summed E-state index contributed by atoms with van der Waals surface area (Å²) in [5, 5.41) is 0. The van der Waals surface area contributed by atoms with Crippen molar-refractivity contribution in [2.75, 3.05) is 19.4 Å². The average Bonchev–Trinajstić information content (AvgIpc) is 3.07. The van der Waals surface area contributed by atoms with E-state index in [1.54, 1.807) is 0 Å². The van der Waals surface area contributed by atoms with Gasteiger partial charge in [0.25, 0.3) is 0 Å². The van der Waals surface area contributed by atoms with Gasteiger partial charge in [-0.05, 0) is 55.1 Å². The van der Waals surface area contributed by atoms with Crippen molar-refractivity contribution in [3.63, 3.8) is 0 Å². The highest BCUT2D eigenvalue weighted by molar-refractivity contribution is 7.88. The number of nitrogens with one attached hydrogen (secondary N) is 1. The normalized spacial score (nSPS) is 33.4. The Hall–Kier alpha value is -1.44. The van der Waals surface area contributed by atoms with Crippen molar-refractivity contribution in [2.24, 2.45) is 0 Å². The zero-order valence-corrected chi connectivity index (χ0v) is 18.2. The number of ether oxygens (including phenoxy) is 1. The van der Waals surface area contributed by atoms with Gasteiger partial charge in [0.15, 0.2) is 0 Å². The minimum Gasteiger partial charge on any atom is -0.376 e. The summed E-state index contributed by atoms with van der Waals surface area (Å²) < 4.78 is 32.6. The first-order chi connectivity index (χ1) is 13.8. The standard InChI is InChI=1S/C22H32N2O4S/c1-15-13-22(25)24-12-11-20(23-29(2,26)27)21(24)14-28-17-9-7-16(8-10-17)19-6-4-3-5-18(15)19/h3-6,15-17,20-21,23H,7-14H2,1-2H3/t15?,16?,17?,20-,21-/m0/s1. The van der Waals surface area contributed by atoms with Crippen LogP contribution >= 0.6 is 0 Å². The number of rotatable bonds is 2. The van der Waals surface area contributed by atoms with E-state index in [0.29, 0.717) is 31.9 Å². The third-order valence-corrected chi connectivity index (χ3v) is 7.59. The minimum absolute atomic E-state index is 0.0882. The average molecular weight is 421 g/mol. The third-order valence-electron chi connectivity index (χ3n) is 6.86. The second-order valence-electron chi connectivity index (χ2n) is 8.98. The van der Waals surface area contributed by atoms with Gasteiger partial charge in [0.1, 0.15) is 0 Å². The predicted molar refractivity (Wildman–Crippen MR) is 112 cm³/mol. The van der Waals surface area contributed by atoms with Crippen molar-refractivity contribution in [3.8, 4) is 0 Å². The van der Waals surface area contributed by atoms with Crippen molar-refractivity contribution in [2.45, 2.75) is 75.5 Å². The van der Waals surface area contributed by atoms with Gasteiger partial charge in [-0.15, -0.1) is 0 Å². The first kappa shape index (κ1) is 20.8. The number of fused-ring (bicyclic) bond motifs is 5. The van der Waals surface area contributed by atoms with Crippen LogP contribution < -0.4 is 4.72 Å². The maximum Gasteiger partial charge on any atom is 0.223 e. The van der Waals surface area contributed by atoms with Crippen molar-refractivity contribution in [3.05, 3.63) is 35.4 Å². The maximum absolute atomic E-state index is 13.2. The Bertz CT molecular complexity index is 848. The molecule has 1 N–H and O–H groups in total. The van der Waals surface area contributed by atoms with Gasteiger partial charge >= 0.3 is 0 Å². The van der Waals surface area contributed by atoms with E-state index in [0.717, 1.165) is 25.7 Å². The summed E-state index contributed by atoms with van der Waals surface area (Å²) in [6.45, 7) is 3.10. The summed E-state index contributed by atoms with van der Waals surface area (Å²) in [6.07, 6.45) is 6.66. The molecular weight excluding hydrogens is 388 g/mol. The summed E-state index contributed by atoms with van der Waals surface area (Å²) in [4.78, 5) is 15.1. The van der Waals surface area contributed by atoms with Crippen LogP contribution in [0.1, 0.15) is 68.4 Å². The molecule has 1 aromatic rings. The third kappa shape index (κ3) is 4.67. The lowest BCUT2D eigenvalue weighted by Crippen LogP contribution is -2.49. The Morgan fingerprint density at radius 3 is 2.45 bits per heavy atom. The van der Waals surface area contributed by atoms with Crippen LogP contribution in [0.2, 0.25) is 0 Å². The van der Waals surface area contributed by atoms with Crippen molar-refractivity contribution >= 4 is 15.9 Å². The first-order valence-electron chi connectivity index (χ1n) is 10.8. The van der Waals surface area contributed by atoms with Gasteiger partial charge in [0, 0.05) is 19.0 Å². The van der Waals surface area contributed by atoms with Crippen molar-refractivity contribution in [1.82, 2.24) is 9.62 Å². The molecule has 29 heavy (non-hydrogen) atoms. The molecule has 3 aliphatic heterocycles. The van der Waals surface area contributed by atoms with Gasteiger partial charge in [0.2, 0.25) is 15.9 Å². The van der Waals surface area contributed by atoms with Gasteiger partial charge in [0.05, 0.1) is 25.0 Å². The molecule has 4 aliphatic rings. The van der Waals surface area contributed by atoms with Crippen LogP contribution in [0.5, 0.6) is 0 Å². The van der Waals surface area contributed by atoms with Gasteiger partial charge in [-0.25, -0.2) is 13.1 Å². The van der Waals surface area contributed by atoms with E-state index < -0.39 is 10.0 Å². The molecule has 160 valence electrons. The SMILES string of the molecule is CC1CC(=O)N2CC[C@H](NS(C)(=O)=O)[C@@H]2COC2CCC(CC2)c2ccccc21. The maximum atomic E-state index is 13.2. The first-order valence-corrected chi connectivity index (χ1v) is 12.7. The van der Waals surface area contributed by atoms with Crippen LogP contribution in [0, 0.1) is 0 Å². The van der Waals surface area contributed by atoms with Crippen LogP contribution in [0.25, 0.3) is 0 Å². The minimum atomic E-state index is -3.34. The topological polar surface area (TPSA) is 75.7 Å². The Morgan fingerprint density at radius 1 is 1.07 bits per heavy atom. The lowest BCUT2D eigenvalue weighted by molar-refractivity contribution is -0.134. The molecule has 0 spiro atoms. The monoisotopic (exact) mass is 420 g/mol. The fourth-order valence-electron chi connectivity index (χ4n) is 5.38. The second kappa shape index (κ2) is 8.36. The number of nitrogens with zero attached hydrogens (tertiary/aromatic N) is 1. The Balaban J connectivity index is 1.63. The number of carbonyl (C=O) groups excluding carboxylic acids is 1. The highest BCUT2D eigenvalue weighted by atomic mass is 32.2. The van der Waals surface area contributed by atoms with Gasteiger partial charge in [-0.1, -0.05) is 31.2 Å². The van der Waals surface area contributed by atoms with E-state index in [2.05, 4.69) is 35.9 Å². The highest BCUT2D eigenvalue weighted by Crippen LogP contribution is 2.39. The Labute approximate surface area is 174 Å². The molecule has 1 unspecified atom stereocenters. The second-order valence-corrected chi connectivity index (χ2v) is 10.8. The fourth-order valence-corrected chi connectivity index (χ4v) is 6.20. The molecule has 0 aromatic heterocycles. The molecule has 1 aliphatic carbocycles. The number of hydrogen-bond donors (Lipinski definition) is 1. The Kier molecular flexibility index (Phi) is 6.00.